The summed E-state index contributed by atoms with van der Waals surface area (Å²) in [7, 11) is 0. The van der Waals surface area contributed by atoms with E-state index >= 15 is 0 Å². The van der Waals surface area contributed by atoms with Crippen LogP contribution in [0.1, 0.15) is 57.5 Å². The van der Waals surface area contributed by atoms with Gasteiger partial charge in [-0.15, -0.1) is 0 Å². The molecule has 0 unspecified atom stereocenters. The third kappa shape index (κ3) is 6.44. The number of unbranched alkanes of at least 4 members (excludes halogenated alkanes) is 1. The van der Waals surface area contributed by atoms with Crippen molar-refractivity contribution in [2.24, 2.45) is 0 Å². The van der Waals surface area contributed by atoms with Gasteiger partial charge in [0.15, 0.2) is 0 Å². The Hall–Kier alpha value is -3.68. The summed E-state index contributed by atoms with van der Waals surface area (Å²) >= 11 is 0. The van der Waals surface area contributed by atoms with Gasteiger partial charge in [0.2, 0.25) is 11.8 Å². The zero-order chi connectivity index (χ0) is 22.3. The zero-order valence-corrected chi connectivity index (χ0v) is 16.8. The Balaban J connectivity index is 1.82. The Bertz CT molecular complexity index is 904. The van der Waals surface area contributed by atoms with Crippen LogP contribution in [0.25, 0.3) is 0 Å². The van der Waals surface area contributed by atoms with Gasteiger partial charge in [-0.25, -0.2) is 9.59 Å². The molecule has 2 aromatic carbocycles. The van der Waals surface area contributed by atoms with Gasteiger partial charge in [0.1, 0.15) is 0 Å². The SMILES string of the molecule is Cc1ccc(NC(=O)CCCCC(=O)Nc2ccc(C)cc2C(=O)O)c(C(=O)O)c1. The van der Waals surface area contributed by atoms with E-state index in [1.54, 1.807) is 38.1 Å². The molecule has 0 saturated heterocycles. The monoisotopic (exact) mass is 412 g/mol. The average molecular weight is 412 g/mol. The van der Waals surface area contributed by atoms with E-state index in [1.165, 1.54) is 12.1 Å². The largest absolute Gasteiger partial charge is 0.478 e. The topological polar surface area (TPSA) is 133 Å². The Labute approximate surface area is 173 Å². The number of carboxylic acid groups (broad SMARTS) is 2. The summed E-state index contributed by atoms with van der Waals surface area (Å²) in [5, 5.41) is 23.6. The summed E-state index contributed by atoms with van der Waals surface area (Å²) in [6.45, 7) is 3.53. The van der Waals surface area contributed by atoms with Gasteiger partial charge >= 0.3 is 11.9 Å². The Morgan fingerprint density at radius 1 is 0.700 bits per heavy atom. The minimum absolute atomic E-state index is 0.0232. The fourth-order valence-corrected chi connectivity index (χ4v) is 2.88. The minimum Gasteiger partial charge on any atom is -0.478 e. The normalized spacial score (nSPS) is 10.3. The second kappa shape index (κ2) is 10.2. The second-order valence-electron chi connectivity index (χ2n) is 7.01. The van der Waals surface area contributed by atoms with Crippen LogP contribution in [0, 0.1) is 13.8 Å². The van der Waals surface area contributed by atoms with Crippen molar-refractivity contribution in [2.75, 3.05) is 10.6 Å². The molecule has 0 saturated carbocycles. The van der Waals surface area contributed by atoms with E-state index in [1.807, 2.05) is 0 Å². The van der Waals surface area contributed by atoms with Crippen LogP contribution in [0.15, 0.2) is 36.4 Å². The van der Waals surface area contributed by atoms with Crippen LogP contribution < -0.4 is 10.6 Å². The molecule has 0 radical (unpaired) electrons. The minimum atomic E-state index is -1.12. The number of rotatable bonds is 9. The first-order valence-corrected chi connectivity index (χ1v) is 9.45. The third-order valence-corrected chi connectivity index (χ3v) is 4.42. The van der Waals surface area contributed by atoms with Crippen LogP contribution in [0.3, 0.4) is 0 Å². The van der Waals surface area contributed by atoms with E-state index in [0.29, 0.717) is 12.8 Å². The van der Waals surface area contributed by atoms with Crippen molar-refractivity contribution in [1.29, 1.82) is 0 Å². The maximum atomic E-state index is 12.1. The number of carboxylic acids is 2. The molecule has 2 aromatic rings. The number of carbonyl (C=O) groups excluding carboxylic acids is 2. The molecule has 0 aliphatic carbocycles. The number of benzene rings is 2. The number of aryl methyl sites for hydroxylation is 2. The molecule has 0 bridgehead atoms. The maximum Gasteiger partial charge on any atom is 0.337 e. The van der Waals surface area contributed by atoms with Gasteiger partial charge in [0.05, 0.1) is 22.5 Å². The fraction of sp³-hybridized carbons (Fsp3) is 0.273. The summed E-state index contributed by atoms with van der Waals surface area (Å²) < 4.78 is 0. The number of amides is 2. The molecule has 0 fully saturated rings. The molecule has 0 heterocycles. The van der Waals surface area contributed by atoms with Gasteiger partial charge in [-0.2, -0.15) is 0 Å². The van der Waals surface area contributed by atoms with E-state index in [0.717, 1.165) is 11.1 Å². The van der Waals surface area contributed by atoms with Gasteiger partial charge in [-0.3, -0.25) is 9.59 Å². The molecule has 0 aliphatic rings. The maximum absolute atomic E-state index is 12.1. The van der Waals surface area contributed by atoms with Crippen molar-refractivity contribution in [3.05, 3.63) is 58.7 Å². The van der Waals surface area contributed by atoms with Crippen molar-refractivity contribution >= 4 is 35.1 Å². The lowest BCUT2D eigenvalue weighted by molar-refractivity contribution is -0.118. The zero-order valence-electron chi connectivity index (χ0n) is 16.8. The van der Waals surface area contributed by atoms with Crippen molar-refractivity contribution < 1.29 is 29.4 Å². The molecular formula is C22H24N2O6. The van der Waals surface area contributed by atoms with Gasteiger partial charge in [0.25, 0.3) is 0 Å². The van der Waals surface area contributed by atoms with Gasteiger partial charge in [-0.1, -0.05) is 23.3 Å². The molecular weight excluding hydrogens is 388 g/mol. The molecule has 30 heavy (non-hydrogen) atoms. The van der Waals surface area contributed by atoms with E-state index in [-0.39, 0.29) is 47.2 Å². The quantitative estimate of drug-likeness (QED) is 0.463. The lowest BCUT2D eigenvalue weighted by atomic mass is 10.1. The van der Waals surface area contributed by atoms with E-state index in [2.05, 4.69) is 10.6 Å². The van der Waals surface area contributed by atoms with Crippen LogP contribution in [0.4, 0.5) is 11.4 Å². The van der Waals surface area contributed by atoms with Crippen molar-refractivity contribution in [2.45, 2.75) is 39.5 Å². The molecule has 0 spiro atoms. The van der Waals surface area contributed by atoms with E-state index in [9.17, 15) is 29.4 Å². The van der Waals surface area contributed by atoms with E-state index < -0.39 is 11.9 Å². The van der Waals surface area contributed by atoms with Crippen LogP contribution in [0.2, 0.25) is 0 Å². The lowest BCUT2D eigenvalue weighted by Crippen LogP contribution is -2.16. The predicted octanol–water partition coefficient (Wildman–Crippen LogP) is 3.84. The predicted molar refractivity (Wildman–Crippen MR) is 112 cm³/mol. The highest BCUT2D eigenvalue weighted by molar-refractivity contribution is 6.01. The number of anilines is 2. The van der Waals surface area contributed by atoms with Crippen LogP contribution >= 0.6 is 0 Å². The summed E-state index contributed by atoms with van der Waals surface area (Å²) in [5.41, 5.74) is 2.06. The number of nitrogens with one attached hydrogen (secondary N) is 2. The molecule has 2 rings (SSSR count). The summed E-state index contributed by atoms with van der Waals surface area (Å²) in [4.78, 5) is 46.8. The molecule has 8 heteroatoms. The molecule has 158 valence electrons. The Kier molecular flexibility index (Phi) is 7.69. The number of aromatic carboxylic acids is 2. The third-order valence-electron chi connectivity index (χ3n) is 4.42. The molecule has 8 nitrogen and oxygen atoms in total. The van der Waals surface area contributed by atoms with Gasteiger partial charge in [0, 0.05) is 12.8 Å². The average Bonchev–Trinajstić information content (AvgIpc) is 2.67. The second-order valence-corrected chi connectivity index (χ2v) is 7.01. The molecule has 4 N–H and O–H groups in total. The molecule has 0 atom stereocenters. The van der Waals surface area contributed by atoms with Crippen molar-refractivity contribution in [3.8, 4) is 0 Å². The van der Waals surface area contributed by atoms with Crippen LogP contribution in [0.5, 0.6) is 0 Å². The molecule has 2 amide bonds. The Morgan fingerprint density at radius 2 is 1.07 bits per heavy atom. The molecule has 0 aliphatic heterocycles. The highest BCUT2D eigenvalue weighted by Gasteiger charge is 2.14. The summed E-state index contributed by atoms with van der Waals surface area (Å²) in [5.74, 6) is -2.92. The van der Waals surface area contributed by atoms with Crippen molar-refractivity contribution in [1.82, 2.24) is 0 Å². The van der Waals surface area contributed by atoms with Crippen molar-refractivity contribution in [3.63, 3.8) is 0 Å². The summed E-state index contributed by atoms with van der Waals surface area (Å²) in [6.07, 6.45) is 1.11. The number of hydrogen-bond acceptors (Lipinski definition) is 4. The first kappa shape index (κ1) is 22.6. The first-order valence-electron chi connectivity index (χ1n) is 9.45. The van der Waals surface area contributed by atoms with E-state index in [4.69, 9.17) is 0 Å². The van der Waals surface area contributed by atoms with Crippen LogP contribution in [-0.2, 0) is 9.59 Å². The smallest absolute Gasteiger partial charge is 0.337 e. The molecule has 0 aromatic heterocycles. The first-order chi connectivity index (χ1) is 14.2. The highest BCUT2D eigenvalue weighted by Crippen LogP contribution is 2.19. The Morgan fingerprint density at radius 3 is 1.40 bits per heavy atom. The lowest BCUT2D eigenvalue weighted by Gasteiger charge is -2.10. The van der Waals surface area contributed by atoms with Gasteiger partial charge < -0.3 is 20.8 Å². The van der Waals surface area contributed by atoms with Crippen LogP contribution in [-0.4, -0.2) is 34.0 Å². The number of carbonyl (C=O) groups is 4. The standard InChI is InChI=1S/C22H24N2O6/c1-13-7-9-17(15(11-13)21(27)28)23-19(25)5-3-4-6-20(26)24-18-10-8-14(2)12-16(18)22(29)30/h7-12H,3-6H2,1-2H3,(H,23,25)(H,24,26)(H,27,28)(H,29,30). The highest BCUT2D eigenvalue weighted by atomic mass is 16.4. The van der Waals surface area contributed by atoms with Gasteiger partial charge in [-0.05, 0) is 51.0 Å². The summed E-state index contributed by atoms with van der Waals surface area (Å²) in [6, 6.07) is 9.49. The number of hydrogen-bond donors (Lipinski definition) is 4. The fourth-order valence-electron chi connectivity index (χ4n) is 2.88.